The first-order valence-corrected chi connectivity index (χ1v) is 8.99. The second-order valence-electron chi connectivity index (χ2n) is 6.42. The number of para-hydroxylation sites is 1. The van der Waals surface area contributed by atoms with Crippen LogP contribution >= 0.6 is 11.6 Å². The number of allylic oxidation sites excluding steroid dienone is 1. The molecule has 0 saturated carbocycles. The van der Waals surface area contributed by atoms with E-state index in [9.17, 15) is 15.5 Å². The van der Waals surface area contributed by atoms with Crippen LogP contribution in [0.5, 0.6) is 11.5 Å². The maximum absolute atomic E-state index is 11.0. The summed E-state index contributed by atoms with van der Waals surface area (Å²) in [6.07, 6.45) is 0. The van der Waals surface area contributed by atoms with Crippen LogP contribution < -0.4 is 15.2 Å². The van der Waals surface area contributed by atoms with Gasteiger partial charge in [-0.3, -0.25) is 5.01 Å². The van der Waals surface area contributed by atoms with Gasteiger partial charge in [-0.1, -0.05) is 23.7 Å². The Morgan fingerprint density at radius 1 is 1.21 bits per heavy atom. The average molecular weight is 410 g/mol. The van der Waals surface area contributed by atoms with Gasteiger partial charge in [-0.2, -0.15) is 5.26 Å². The molecule has 1 unspecified atom stereocenters. The normalized spacial score (nSPS) is 16.3. The first-order valence-electron chi connectivity index (χ1n) is 8.61. The first-order chi connectivity index (χ1) is 13.9. The molecule has 1 aliphatic heterocycles. The second kappa shape index (κ2) is 7.13. The van der Waals surface area contributed by atoms with Crippen LogP contribution in [0.2, 0.25) is 5.02 Å². The summed E-state index contributed by atoms with van der Waals surface area (Å²) in [4.78, 5) is 9.09. The van der Waals surface area contributed by atoms with E-state index in [0.717, 1.165) is 0 Å². The number of methoxy groups -OCH3 is 1. The SMILES string of the molecule is COc1cccc(C2NN(C)c3nc4ccc(Cl)cc4nc3C(C#N)=C2O)c1O. The van der Waals surface area contributed by atoms with E-state index in [1.165, 1.54) is 7.11 Å². The first kappa shape index (κ1) is 18.8. The Bertz CT molecular complexity index is 1200. The molecule has 1 aromatic heterocycles. The number of phenols is 1. The van der Waals surface area contributed by atoms with Gasteiger partial charge in [0.15, 0.2) is 17.3 Å². The van der Waals surface area contributed by atoms with Crippen LogP contribution in [0.25, 0.3) is 16.6 Å². The molecule has 0 fully saturated rings. The summed E-state index contributed by atoms with van der Waals surface area (Å²) in [5, 5.41) is 33.3. The second-order valence-corrected chi connectivity index (χ2v) is 6.86. The maximum Gasteiger partial charge on any atom is 0.170 e. The van der Waals surface area contributed by atoms with Crippen molar-refractivity contribution in [2.75, 3.05) is 19.2 Å². The van der Waals surface area contributed by atoms with Gasteiger partial charge in [0, 0.05) is 17.6 Å². The Morgan fingerprint density at radius 2 is 2.00 bits per heavy atom. The maximum atomic E-state index is 11.0. The van der Waals surface area contributed by atoms with Gasteiger partial charge in [-0.05, 0) is 24.3 Å². The molecule has 2 aromatic carbocycles. The van der Waals surface area contributed by atoms with Crippen LogP contribution in [0.15, 0.2) is 42.2 Å². The number of nitrogens with zero attached hydrogens (tertiary/aromatic N) is 4. The number of aromatic hydroxyl groups is 1. The fourth-order valence-corrected chi connectivity index (χ4v) is 3.43. The molecule has 1 atom stereocenters. The van der Waals surface area contributed by atoms with Gasteiger partial charge < -0.3 is 14.9 Å². The smallest absolute Gasteiger partial charge is 0.170 e. The van der Waals surface area contributed by atoms with E-state index in [4.69, 9.17) is 16.3 Å². The van der Waals surface area contributed by atoms with Gasteiger partial charge in [0.05, 0.1) is 18.1 Å². The van der Waals surface area contributed by atoms with Crippen molar-refractivity contribution in [2.24, 2.45) is 0 Å². The number of rotatable bonds is 2. The van der Waals surface area contributed by atoms with Gasteiger partial charge in [0.25, 0.3) is 0 Å². The van der Waals surface area contributed by atoms with Crippen molar-refractivity contribution < 1.29 is 14.9 Å². The molecule has 3 N–H and O–H groups in total. The fraction of sp³-hybridized carbons (Fsp3) is 0.150. The Morgan fingerprint density at radius 3 is 2.72 bits per heavy atom. The monoisotopic (exact) mass is 409 g/mol. The lowest BCUT2D eigenvalue weighted by Crippen LogP contribution is -2.38. The quantitative estimate of drug-likeness (QED) is 0.589. The number of hydrogen-bond donors (Lipinski definition) is 3. The zero-order valence-corrected chi connectivity index (χ0v) is 16.3. The third kappa shape index (κ3) is 3.06. The van der Waals surface area contributed by atoms with Crippen molar-refractivity contribution in [3.05, 3.63) is 58.4 Å². The van der Waals surface area contributed by atoms with Gasteiger partial charge in [-0.25, -0.2) is 15.4 Å². The summed E-state index contributed by atoms with van der Waals surface area (Å²) in [5.74, 6) is 0.162. The minimum Gasteiger partial charge on any atom is -0.509 e. The van der Waals surface area contributed by atoms with Gasteiger partial charge in [0.2, 0.25) is 0 Å². The van der Waals surface area contributed by atoms with E-state index < -0.39 is 6.04 Å². The summed E-state index contributed by atoms with van der Waals surface area (Å²) in [7, 11) is 3.12. The minimum atomic E-state index is -0.924. The number of phenolic OH excluding ortho intramolecular Hbond substituents is 1. The molecule has 0 saturated heterocycles. The zero-order valence-electron chi connectivity index (χ0n) is 15.5. The molecule has 0 radical (unpaired) electrons. The molecule has 4 rings (SSSR count). The van der Waals surface area contributed by atoms with Crippen molar-refractivity contribution in [1.82, 2.24) is 15.4 Å². The van der Waals surface area contributed by atoms with Gasteiger partial charge in [0.1, 0.15) is 29.1 Å². The number of fused-ring (bicyclic) bond motifs is 2. The Balaban J connectivity index is 1.95. The Kier molecular flexibility index (Phi) is 4.62. The number of hydrazine groups is 1. The van der Waals surface area contributed by atoms with Crippen molar-refractivity contribution in [1.29, 1.82) is 5.26 Å². The summed E-state index contributed by atoms with van der Waals surface area (Å²) in [6, 6.07) is 11.1. The standard InChI is InChI=1S/C20H16ClN5O3/c1-26-20-17(23-14-8-10(21)6-7-13(14)24-20)12(9-22)19(28)16(25-26)11-4-3-5-15(29-2)18(11)27/h3-8,16,25,27-28H,1-2H3. The summed E-state index contributed by atoms with van der Waals surface area (Å²) in [6.45, 7) is 0. The van der Waals surface area contributed by atoms with E-state index in [1.54, 1.807) is 48.5 Å². The third-order valence-corrected chi connectivity index (χ3v) is 4.92. The van der Waals surface area contributed by atoms with Crippen LogP contribution in [-0.4, -0.2) is 34.3 Å². The third-order valence-electron chi connectivity index (χ3n) is 4.69. The topological polar surface area (TPSA) is 115 Å². The number of hydrogen-bond acceptors (Lipinski definition) is 8. The molecule has 0 amide bonds. The Hall–Kier alpha value is -3.54. The predicted molar refractivity (Wildman–Crippen MR) is 109 cm³/mol. The van der Waals surface area contributed by atoms with Crippen LogP contribution in [-0.2, 0) is 0 Å². The number of nitrogens with one attached hydrogen (secondary N) is 1. The highest BCUT2D eigenvalue weighted by Gasteiger charge is 2.32. The average Bonchev–Trinajstić information content (AvgIpc) is 2.81. The molecular formula is C20H16ClN5O3. The number of ether oxygens (including phenoxy) is 1. The molecule has 29 heavy (non-hydrogen) atoms. The highest BCUT2D eigenvalue weighted by molar-refractivity contribution is 6.31. The number of aliphatic hydroxyl groups excluding tert-OH is 1. The number of aromatic nitrogens is 2. The van der Waals surface area contributed by atoms with E-state index in [0.29, 0.717) is 27.4 Å². The lowest BCUT2D eigenvalue weighted by atomic mass is 10.00. The largest absolute Gasteiger partial charge is 0.509 e. The van der Waals surface area contributed by atoms with Crippen molar-refractivity contribution in [2.45, 2.75) is 6.04 Å². The molecule has 146 valence electrons. The van der Waals surface area contributed by atoms with Crippen molar-refractivity contribution in [3.8, 4) is 17.6 Å². The van der Waals surface area contributed by atoms with E-state index >= 15 is 0 Å². The molecule has 0 spiro atoms. The molecule has 0 aliphatic carbocycles. The van der Waals surface area contributed by atoms with Crippen molar-refractivity contribution >= 4 is 34.0 Å². The number of aliphatic hydroxyl groups is 1. The fourth-order valence-electron chi connectivity index (χ4n) is 3.27. The molecular weight excluding hydrogens is 394 g/mol. The highest BCUT2D eigenvalue weighted by atomic mass is 35.5. The molecule has 9 heteroatoms. The summed E-state index contributed by atoms with van der Waals surface area (Å²) < 4.78 is 5.16. The van der Waals surface area contributed by atoms with Crippen LogP contribution in [0.1, 0.15) is 17.3 Å². The molecule has 3 aromatic rings. The van der Waals surface area contributed by atoms with Crippen molar-refractivity contribution in [3.63, 3.8) is 0 Å². The summed E-state index contributed by atoms with van der Waals surface area (Å²) in [5.41, 5.74) is 4.63. The van der Waals surface area contributed by atoms with E-state index in [1.807, 2.05) is 6.07 Å². The lowest BCUT2D eigenvalue weighted by molar-refractivity contribution is 0.332. The highest BCUT2D eigenvalue weighted by Crippen LogP contribution is 2.40. The molecule has 2 heterocycles. The van der Waals surface area contributed by atoms with Gasteiger partial charge in [-0.15, -0.1) is 0 Å². The lowest BCUT2D eigenvalue weighted by Gasteiger charge is -2.25. The number of benzene rings is 2. The van der Waals surface area contributed by atoms with E-state index in [-0.39, 0.29) is 28.5 Å². The van der Waals surface area contributed by atoms with Gasteiger partial charge >= 0.3 is 0 Å². The predicted octanol–water partition coefficient (Wildman–Crippen LogP) is 3.49. The van der Waals surface area contributed by atoms with Crippen LogP contribution in [0, 0.1) is 11.3 Å². The van der Waals surface area contributed by atoms with Crippen LogP contribution in [0.3, 0.4) is 0 Å². The van der Waals surface area contributed by atoms with E-state index in [2.05, 4.69) is 15.4 Å². The number of halogens is 1. The molecule has 8 nitrogen and oxygen atoms in total. The number of nitriles is 1. The van der Waals surface area contributed by atoms with Crippen LogP contribution in [0.4, 0.5) is 5.82 Å². The Labute approximate surface area is 171 Å². The number of anilines is 1. The summed E-state index contributed by atoms with van der Waals surface area (Å²) >= 11 is 6.05. The molecule has 0 bridgehead atoms. The molecule has 1 aliphatic rings. The minimum absolute atomic E-state index is 0.0570. The zero-order chi connectivity index (χ0) is 20.7.